The van der Waals surface area contributed by atoms with Gasteiger partial charge in [-0.3, -0.25) is 0 Å². The molecule has 1 N–H and O–H groups in total. The molecule has 134 valence electrons. The summed E-state index contributed by atoms with van der Waals surface area (Å²) < 4.78 is 40.7. The van der Waals surface area contributed by atoms with Crippen molar-refractivity contribution in [3.8, 4) is 0 Å². The van der Waals surface area contributed by atoms with Gasteiger partial charge in [0.2, 0.25) is 10.0 Å². The summed E-state index contributed by atoms with van der Waals surface area (Å²) >= 11 is 0. The molecule has 1 aliphatic heterocycles. The zero-order valence-corrected chi connectivity index (χ0v) is 14.9. The lowest BCUT2D eigenvalue weighted by atomic mass is 10.2. The van der Waals surface area contributed by atoms with Crippen molar-refractivity contribution < 1.29 is 12.8 Å². The van der Waals surface area contributed by atoms with Gasteiger partial charge in [0, 0.05) is 30.9 Å². The third-order valence-electron chi connectivity index (χ3n) is 4.50. The van der Waals surface area contributed by atoms with Gasteiger partial charge in [0.05, 0.1) is 4.90 Å². The number of rotatable bonds is 5. The maximum Gasteiger partial charge on any atom is 0.243 e. The van der Waals surface area contributed by atoms with Crippen LogP contribution in [0.1, 0.15) is 31.2 Å². The van der Waals surface area contributed by atoms with Crippen molar-refractivity contribution in [1.82, 2.24) is 4.31 Å². The lowest BCUT2D eigenvalue weighted by Gasteiger charge is -2.20. The Hall–Kier alpha value is -1.92. The molecular weight excluding hydrogens is 339 g/mol. The maximum atomic E-state index is 13.6. The van der Waals surface area contributed by atoms with Gasteiger partial charge >= 0.3 is 0 Å². The van der Waals surface area contributed by atoms with Crippen LogP contribution in [-0.2, 0) is 16.6 Å². The van der Waals surface area contributed by atoms with E-state index in [1.807, 2.05) is 0 Å². The second-order valence-electron chi connectivity index (χ2n) is 6.29. The fourth-order valence-electron chi connectivity index (χ4n) is 3.01. The molecule has 1 aliphatic rings. The first-order valence-electron chi connectivity index (χ1n) is 8.65. The van der Waals surface area contributed by atoms with Gasteiger partial charge in [0.15, 0.2) is 0 Å². The summed E-state index contributed by atoms with van der Waals surface area (Å²) in [4.78, 5) is 0.311. The van der Waals surface area contributed by atoms with Gasteiger partial charge in [0.25, 0.3) is 0 Å². The summed E-state index contributed by atoms with van der Waals surface area (Å²) in [6.07, 6.45) is 4.01. The Kier molecular flexibility index (Phi) is 5.71. The van der Waals surface area contributed by atoms with E-state index in [2.05, 4.69) is 5.32 Å². The van der Waals surface area contributed by atoms with E-state index >= 15 is 0 Å². The average Bonchev–Trinajstić information content (AvgIpc) is 2.91. The van der Waals surface area contributed by atoms with Crippen LogP contribution in [0.4, 0.5) is 10.1 Å². The molecule has 1 fully saturated rings. The predicted octanol–water partition coefficient (Wildman–Crippen LogP) is 4.00. The molecule has 0 spiro atoms. The minimum absolute atomic E-state index is 0.254. The van der Waals surface area contributed by atoms with Crippen molar-refractivity contribution in [2.45, 2.75) is 37.1 Å². The SMILES string of the molecule is O=S(=O)(c1ccc(NCc2ccccc2F)cc1)N1CCCCCC1. The van der Waals surface area contributed by atoms with E-state index in [-0.39, 0.29) is 5.82 Å². The van der Waals surface area contributed by atoms with E-state index in [0.717, 1.165) is 31.4 Å². The second-order valence-corrected chi connectivity index (χ2v) is 8.23. The van der Waals surface area contributed by atoms with Crippen molar-refractivity contribution >= 4 is 15.7 Å². The largest absolute Gasteiger partial charge is 0.381 e. The van der Waals surface area contributed by atoms with Crippen LogP contribution in [0.25, 0.3) is 0 Å². The van der Waals surface area contributed by atoms with Gasteiger partial charge in [-0.05, 0) is 43.2 Å². The van der Waals surface area contributed by atoms with Crippen LogP contribution in [0.15, 0.2) is 53.4 Å². The normalized spacial score (nSPS) is 16.4. The van der Waals surface area contributed by atoms with E-state index in [4.69, 9.17) is 0 Å². The third-order valence-corrected chi connectivity index (χ3v) is 6.41. The van der Waals surface area contributed by atoms with Crippen LogP contribution in [0.5, 0.6) is 0 Å². The fourth-order valence-corrected chi connectivity index (χ4v) is 4.53. The maximum absolute atomic E-state index is 13.6. The summed E-state index contributed by atoms with van der Waals surface area (Å²) in [7, 11) is -3.43. The molecule has 1 heterocycles. The predicted molar refractivity (Wildman–Crippen MR) is 97.4 cm³/mol. The minimum Gasteiger partial charge on any atom is -0.381 e. The van der Waals surface area contributed by atoms with E-state index < -0.39 is 10.0 Å². The molecule has 4 nitrogen and oxygen atoms in total. The Bertz CT molecular complexity index is 798. The average molecular weight is 362 g/mol. The third kappa shape index (κ3) is 4.38. The van der Waals surface area contributed by atoms with Gasteiger partial charge in [0.1, 0.15) is 5.82 Å². The number of nitrogens with one attached hydrogen (secondary N) is 1. The van der Waals surface area contributed by atoms with Crippen molar-refractivity contribution in [3.63, 3.8) is 0 Å². The molecule has 3 rings (SSSR count). The summed E-state index contributed by atoms with van der Waals surface area (Å²) in [5, 5.41) is 3.12. The Morgan fingerprint density at radius 1 is 0.920 bits per heavy atom. The molecule has 0 aromatic heterocycles. The molecule has 6 heteroatoms. The topological polar surface area (TPSA) is 49.4 Å². The van der Waals surface area contributed by atoms with Crippen molar-refractivity contribution in [2.24, 2.45) is 0 Å². The smallest absolute Gasteiger partial charge is 0.243 e. The molecule has 2 aromatic rings. The first-order chi connectivity index (χ1) is 12.1. The highest BCUT2D eigenvalue weighted by Gasteiger charge is 2.24. The molecule has 0 amide bonds. The van der Waals surface area contributed by atoms with Crippen LogP contribution >= 0.6 is 0 Å². The van der Waals surface area contributed by atoms with E-state index in [9.17, 15) is 12.8 Å². The number of hydrogen-bond donors (Lipinski definition) is 1. The minimum atomic E-state index is -3.43. The molecular formula is C19H23FN2O2S. The number of anilines is 1. The highest BCUT2D eigenvalue weighted by molar-refractivity contribution is 7.89. The van der Waals surface area contributed by atoms with Gasteiger partial charge in [-0.25, -0.2) is 12.8 Å². The molecule has 0 bridgehead atoms. The van der Waals surface area contributed by atoms with Crippen LogP contribution < -0.4 is 5.32 Å². The molecule has 1 saturated heterocycles. The highest BCUT2D eigenvalue weighted by atomic mass is 32.2. The highest BCUT2D eigenvalue weighted by Crippen LogP contribution is 2.22. The van der Waals surface area contributed by atoms with Gasteiger partial charge in [-0.2, -0.15) is 4.31 Å². The quantitative estimate of drug-likeness (QED) is 0.874. The van der Waals surface area contributed by atoms with Crippen LogP contribution in [-0.4, -0.2) is 25.8 Å². The molecule has 0 radical (unpaired) electrons. The number of sulfonamides is 1. The molecule has 2 aromatic carbocycles. The van der Waals surface area contributed by atoms with Crippen molar-refractivity contribution in [2.75, 3.05) is 18.4 Å². The Morgan fingerprint density at radius 2 is 1.56 bits per heavy atom. The lowest BCUT2D eigenvalue weighted by Crippen LogP contribution is -2.31. The number of halogens is 1. The van der Waals surface area contributed by atoms with E-state index in [1.54, 1.807) is 46.8 Å². The van der Waals surface area contributed by atoms with Crippen LogP contribution in [0.2, 0.25) is 0 Å². The van der Waals surface area contributed by atoms with E-state index in [1.165, 1.54) is 6.07 Å². The van der Waals surface area contributed by atoms with Crippen molar-refractivity contribution in [1.29, 1.82) is 0 Å². The fraction of sp³-hybridized carbons (Fsp3) is 0.368. The van der Waals surface area contributed by atoms with Crippen molar-refractivity contribution in [3.05, 3.63) is 59.9 Å². The Morgan fingerprint density at radius 3 is 2.20 bits per heavy atom. The molecule has 0 aliphatic carbocycles. The monoisotopic (exact) mass is 362 g/mol. The second kappa shape index (κ2) is 7.97. The molecule has 0 unspecified atom stereocenters. The Labute approximate surface area is 148 Å². The number of hydrogen-bond acceptors (Lipinski definition) is 3. The zero-order chi connectivity index (χ0) is 17.7. The summed E-state index contributed by atoms with van der Waals surface area (Å²) in [6, 6.07) is 13.3. The summed E-state index contributed by atoms with van der Waals surface area (Å²) in [6.45, 7) is 1.54. The molecule has 25 heavy (non-hydrogen) atoms. The van der Waals surface area contributed by atoms with E-state index in [0.29, 0.717) is 30.1 Å². The number of nitrogens with zero attached hydrogens (tertiary/aromatic N) is 1. The van der Waals surface area contributed by atoms with Gasteiger partial charge in [-0.15, -0.1) is 0 Å². The molecule has 0 saturated carbocycles. The molecule has 0 atom stereocenters. The van der Waals surface area contributed by atoms with Crippen LogP contribution in [0, 0.1) is 5.82 Å². The Balaban J connectivity index is 1.68. The standard InChI is InChI=1S/C19H23FN2O2S/c20-19-8-4-3-7-16(19)15-21-17-9-11-18(12-10-17)25(23,24)22-13-5-1-2-6-14-22/h3-4,7-12,21H,1-2,5-6,13-15H2. The van der Waals surface area contributed by atoms with Gasteiger partial charge < -0.3 is 5.32 Å². The first kappa shape index (κ1) is 17.9. The lowest BCUT2D eigenvalue weighted by molar-refractivity contribution is 0.424. The van der Waals surface area contributed by atoms with Gasteiger partial charge in [-0.1, -0.05) is 31.0 Å². The zero-order valence-electron chi connectivity index (χ0n) is 14.1. The number of benzene rings is 2. The van der Waals surface area contributed by atoms with Crippen LogP contribution in [0.3, 0.4) is 0 Å². The first-order valence-corrected chi connectivity index (χ1v) is 10.1. The summed E-state index contributed by atoms with van der Waals surface area (Å²) in [5.74, 6) is -0.254. The summed E-state index contributed by atoms with van der Waals surface area (Å²) in [5.41, 5.74) is 1.34.